The first-order chi connectivity index (χ1) is 8.78. The Bertz CT molecular complexity index is 478. The summed E-state index contributed by atoms with van der Waals surface area (Å²) >= 11 is 0. The van der Waals surface area contributed by atoms with E-state index in [0.29, 0.717) is 5.88 Å². The monoisotopic (exact) mass is 246 g/mol. The van der Waals surface area contributed by atoms with Crippen LogP contribution in [-0.2, 0) is 20.0 Å². The average Bonchev–Trinajstić information content (AvgIpc) is 2.81. The van der Waals surface area contributed by atoms with Gasteiger partial charge in [0.2, 0.25) is 5.88 Å². The lowest BCUT2D eigenvalue weighted by Crippen LogP contribution is -2.17. The van der Waals surface area contributed by atoms with Gasteiger partial charge in [-0.1, -0.05) is 6.07 Å². The SMILES string of the molecule is COc1ccc(CNCCc2ccn(C)n2)cn1. The van der Waals surface area contributed by atoms with Crippen LogP contribution in [0.25, 0.3) is 0 Å². The molecule has 0 saturated carbocycles. The van der Waals surface area contributed by atoms with E-state index in [4.69, 9.17) is 4.74 Å². The lowest BCUT2D eigenvalue weighted by Gasteiger charge is -2.04. The number of rotatable bonds is 6. The van der Waals surface area contributed by atoms with Crippen LogP contribution in [0.3, 0.4) is 0 Å². The fourth-order valence-corrected chi connectivity index (χ4v) is 1.68. The van der Waals surface area contributed by atoms with Crippen LogP contribution in [0.15, 0.2) is 30.6 Å². The zero-order valence-electron chi connectivity index (χ0n) is 10.8. The Morgan fingerprint density at radius 2 is 2.22 bits per heavy atom. The van der Waals surface area contributed by atoms with E-state index in [-0.39, 0.29) is 0 Å². The van der Waals surface area contributed by atoms with Crippen molar-refractivity contribution in [3.8, 4) is 5.88 Å². The smallest absolute Gasteiger partial charge is 0.212 e. The van der Waals surface area contributed by atoms with Gasteiger partial charge in [-0.2, -0.15) is 5.10 Å². The highest BCUT2D eigenvalue weighted by Gasteiger charge is 1.98. The molecule has 0 fully saturated rings. The summed E-state index contributed by atoms with van der Waals surface area (Å²) in [5.74, 6) is 0.646. The van der Waals surface area contributed by atoms with Crippen molar-refractivity contribution in [3.63, 3.8) is 0 Å². The number of aryl methyl sites for hydroxylation is 1. The van der Waals surface area contributed by atoms with Crippen LogP contribution in [-0.4, -0.2) is 28.4 Å². The highest BCUT2D eigenvalue weighted by atomic mass is 16.5. The highest BCUT2D eigenvalue weighted by molar-refractivity contribution is 5.17. The predicted octanol–water partition coefficient (Wildman–Crippen LogP) is 1.16. The summed E-state index contributed by atoms with van der Waals surface area (Å²) in [6.07, 6.45) is 4.72. The Morgan fingerprint density at radius 1 is 1.33 bits per heavy atom. The molecule has 18 heavy (non-hydrogen) atoms. The zero-order valence-corrected chi connectivity index (χ0v) is 10.8. The van der Waals surface area contributed by atoms with Crippen LogP contribution in [0.1, 0.15) is 11.3 Å². The predicted molar refractivity (Wildman–Crippen MR) is 69.4 cm³/mol. The molecule has 2 aromatic rings. The maximum absolute atomic E-state index is 5.01. The number of aromatic nitrogens is 3. The van der Waals surface area contributed by atoms with E-state index in [0.717, 1.165) is 30.8 Å². The molecule has 0 aliphatic heterocycles. The largest absolute Gasteiger partial charge is 0.481 e. The van der Waals surface area contributed by atoms with Gasteiger partial charge < -0.3 is 10.1 Å². The molecule has 0 amide bonds. The van der Waals surface area contributed by atoms with Gasteiger partial charge in [-0.3, -0.25) is 4.68 Å². The Labute approximate surface area is 107 Å². The summed E-state index contributed by atoms with van der Waals surface area (Å²) in [6, 6.07) is 5.92. The second-order valence-electron chi connectivity index (χ2n) is 4.12. The van der Waals surface area contributed by atoms with E-state index in [1.165, 1.54) is 0 Å². The second-order valence-corrected chi connectivity index (χ2v) is 4.12. The Kier molecular flexibility index (Phi) is 4.30. The van der Waals surface area contributed by atoms with Gasteiger partial charge in [0.1, 0.15) is 0 Å². The normalized spacial score (nSPS) is 10.6. The third-order valence-corrected chi connectivity index (χ3v) is 2.66. The van der Waals surface area contributed by atoms with E-state index in [1.54, 1.807) is 7.11 Å². The molecule has 0 atom stereocenters. The van der Waals surface area contributed by atoms with Crippen molar-refractivity contribution < 1.29 is 4.74 Å². The summed E-state index contributed by atoms with van der Waals surface area (Å²) in [7, 11) is 3.55. The lowest BCUT2D eigenvalue weighted by atomic mass is 10.2. The molecule has 0 spiro atoms. The number of nitrogens with one attached hydrogen (secondary N) is 1. The molecule has 5 nitrogen and oxygen atoms in total. The molecule has 2 aromatic heterocycles. The van der Waals surface area contributed by atoms with Gasteiger partial charge in [-0.05, 0) is 11.6 Å². The molecular formula is C13H18N4O. The van der Waals surface area contributed by atoms with Crippen molar-refractivity contribution in [2.75, 3.05) is 13.7 Å². The molecule has 5 heteroatoms. The molecule has 1 N–H and O–H groups in total. The molecule has 0 aliphatic rings. The summed E-state index contributed by atoms with van der Waals surface area (Å²) in [5, 5.41) is 7.69. The van der Waals surface area contributed by atoms with Gasteiger partial charge in [0, 0.05) is 45.0 Å². The van der Waals surface area contributed by atoms with Crippen molar-refractivity contribution in [2.24, 2.45) is 7.05 Å². The lowest BCUT2D eigenvalue weighted by molar-refractivity contribution is 0.397. The molecular weight excluding hydrogens is 228 g/mol. The van der Waals surface area contributed by atoms with Gasteiger partial charge in [0.25, 0.3) is 0 Å². The minimum atomic E-state index is 0.646. The van der Waals surface area contributed by atoms with Gasteiger partial charge >= 0.3 is 0 Å². The van der Waals surface area contributed by atoms with Gasteiger partial charge in [0.15, 0.2) is 0 Å². The van der Waals surface area contributed by atoms with E-state index >= 15 is 0 Å². The minimum absolute atomic E-state index is 0.646. The van der Waals surface area contributed by atoms with Crippen molar-refractivity contribution in [1.82, 2.24) is 20.1 Å². The van der Waals surface area contributed by atoms with E-state index < -0.39 is 0 Å². The fraction of sp³-hybridized carbons (Fsp3) is 0.385. The molecule has 0 unspecified atom stereocenters. The first-order valence-electron chi connectivity index (χ1n) is 5.96. The molecule has 2 rings (SSSR count). The summed E-state index contributed by atoms with van der Waals surface area (Å²) in [5.41, 5.74) is 2.26. The number of ether oxygens (including phenoxy) is 1. The molecule has 96 valence electrons. The van der Waals surface area contributed by atoms with E-state index in [2.05, 4.69) is 15.4 Å². The van der Waals surface area contributed by atoms with E-state index in [9.17, 15) is 0 Å². The number of methoxy groups -OCH3 is 1. The Hall–Kier alpha value is -1.88. The van der Waals surface area contributed by atoms with Crippen LogP contribution < -0.4 is 10.1 Å². The van der Waals surface area contributed by atoms with Gasteiger partial charge in [0.05, 0.1) is 12.8 Å². The van der Waals surface area contributed by atoms with Crippen LogP contribution in [0, 0.1) is 0 Å². The number of hydrogen-bond donors (Lipinski definition) is 1. The maximum Gasteiger partial charge on any atom is 0.212 e. The topological polar surface area (TPSA) is 52.0 Å². The maximum atomic E-state index is 5.01. The van der Waals surface area contributed by atoms with Crippen molar-refractivity contribution in [3.05, 3.63) is 41.9 Å². The molecule has 0 aliphatic carbocycles. The van der Waals surface area contributed by atoms with Crippen molar-refractivity contribution in [2.45, 2.75) is 13.0 Å². The van der Waals surface area contributed by atoms with Crippen molar-refractivity contribution >= 4 is 0 Å². The molecule has 0 bridgehead atoms. The average molecular weight is 246 g/mol. The highest BCUT2D eigenvalue weighted by Crippen LogP contribution is 2.06. The first kappa shape index (κ1) is 12.6. The minimum Gasteiger partial charge on any atom is -0.481 e. The third kappa shape index (κ3) is 3.56. The van der Waals surface area contributed by atoms with Crippen LogP contribution >= 0.6 is 0 Å². The van der Waals surface area contributed by atoms with Gasteiger partial charge in [-0.25, -0.2) is 4.98 Å². The molecule has 0 radical (unpaired) electrons. The first-order valence-corrected chi connectivity index (χ1v) is 5.96. The zero-order chi connectivity index (χ0) is 12.8. The number of nitrogens with zero attached hydrogens (tertiary/aromatic N) is 3. The summed E-state index contributed by atoms with van der Waals surface area (Å²) in [6.45, 7) is 1.72. The van der Waals surface area contributed by atoms with Crippen molar-refractivity contribution in [1.29, 1.82) is 0 Å². The van der Waals surface area contributed by atoms with Crippen LogP contribution in [0.4, 0.5) is 0 Å². The summed E-state index contributed by atoms with van der Waals surface area (Å²) in [4.78, 5) is 4.16. The summed E-state index contributed by atoms with van der Waals surface area (Å²) < 4.78 is 6.84. The fourth-order valence-electron chi connectivity index (χ4n) is 1.68. The molecule has 2 heterocycles. The number of hydrogen-bond acceptors (Lipinski definition) is 4. The Balaban J connectivity index is 1.71. The standard InChI is InChI=1S/C13H18N4O/c1-17-8-6-12(16-17)5-7-14-9-11-3-4-13(18-2)15-10-11/h3-4,6,8,10,14H,5,7,9H2,1-2H3. The van der Waals surface area contributed by atoms with E-state index in [1.807, 2.05) is 42.3 Å². The number of pyridine rings is 1. The van der Waals surface area contributed by atoms with Crippen LogP contribution in [0.2, 0.25) is 0 Å². The Morgan fingerprint density at radius 3 is 2.83 bits per heavy atom. The van der Waals surface area contributed by atoms with Gasteiger partial charge in [-0.15, -0.1) is 0 Å². The molecule has 0 aromatic carbocycles. The third-order valence-electron chi connectivity index (χ3n) is 2.66. The molecule has 0 saturated heterocycles. The quantitative estimate of drug-likeness (QED) is 0.777. The second kappa shape index (κ2) is 6.16. The van der Waals surface area contributed by atoms with Crippen LogP contribution in [0.5, 0.6) is 5.88 Å².